The number of rotatable bonds is 0. The summed E-state index contributed by atoms with van der Waals surface area (Å²) in [6.07, 6.45) is 0. The molecule has 1 aromatic carbocycles. The van der Waals surface area contributed by atoms with Crippen LogP contribution in [0.25, 0.3) is 0 Å². The predicted molar refractivity (Wildman–Crippen MR) is 43.8 cm³/mol. The van der Waals surface area contributed by atoms with Crippen molar-refractivity contribution in [1.29, 1.82) is 0 Å². The molecule has 12 heavy (non-hydrogen) atoms. The molecule has 2 rings (SSSR count). The molecule has 4 heteroatoms. The van der Waals surface area contributed by atoms with Gasteiger partial charge in [0, 0.05) is 10.5 Å². The van der Waals surface area contributed by atoms with Crippen LogP contribution in [0.2, 0.25) is 0 Å². The summed E-state index contributed by atoms with van der Waals surface area (Å²) in [7, 11) is 0. The predicted octanol–water partition coefficient (Wildman–Crippen LogP) is 0.613. The highest BCUT2D eigenvalue weighted by molar-refractivity contribution is 8.01. The molecule has 0 amide bonds. The van der Waals surface area contributed by atoms with Crippen LogP contribution in [0.4, 0.5) is 0 Å². The van der Waals surface area contributed by atoms with Crippen LogP contribution < -0.4 is 0 Å². The standard InChI is InChI=1S/C8H6O3S/c9-7-5-3-1-2-4-6(5)12-8(7,10)11/h1-4,10-11H. The molecule has 0 saturated heterocycles. The van der Waals surface area contributed by atoms with E-state index in [-0.39, 0.29) is 0 Å². The molecular formula is C8H6O3S. The number of thioether (sulfide) groups is 1. The van der Waals surface area contributed by atoms with Gasteiger partial charge < -0.3 is 10.2 Å². The van der Waals surface area contributed by atoms with Gasteiger partial charge in [-0.2, -0.15) is 0 Å². The van der Waals surface area contributed by atoms with Gasteiger partial charge in [0.1, 0.15) is 0 Å². The van der Waals surface area contributed by atoms with Crippen molar-refractivity contribution in [1.82, 2.24) is 0 Å². The van der Waals surface area contributed by atoms with E-state index in [1.165, 1.54) is 0 Å². The summed E-state index contributed by atoms with van der Waals surface area (Å²) in [6.45, 7) is 0. The largest absolute Gasteiger partial charge is 0.351 e. The molecule has 0 bridgehead atoms. The van der Waals surface area contributed by atoms with Crippen molar-refractivity contribution in [3.8, 4) is 0 Å². The molecule has 62 valence electrons. The zero-order valence-electron chi connectivity index (χ0n) is 6.02. The lowest BCUT2D eigenvalue weighted by atomic mass is 10.1. The van der Waals surface area contributed by atoms with Crippen LogP contribution in [0.1, 0.15) is 10.4 Å². The smallest absolute Gasteiger partial charge is 0.284 e. The monoisotopic (exact) mass is 182 g/mol. The van der Waals surface area contributed by atoms with Crippen molar-refractivity contribution < 1.29 is 15.0 Å². The Bertz CT molecular complexity index is 346. The summed E-state index contributed by atoms with van der Waals surface area (Å²) < 4.78 is 0. The molecular weight excluding hydrogens is 176 g/mol. The maximum atomic E-state index is 11.2. The highest BCUT2D eigenvalue weighted by Crippen LogP contribution is 2.41. The molecule has 0 unspecified atom stereocenters. The third-order valence-corrected chi connectivity index (χ3v) is 2.73. The first kappa shape index (κ1) is 7.79. The van der Waals surface area contributed by atoms with E-state index in [1.54, 1.807) is 24.3 Å². The van der Waals surface area contributed by atoms with Gasteiger partial charge in [-0.25, -0.2) is 0 Å². The first-order chi connectivity index (χ1) is 5.61. The molecule has 3 nitrogen and oxygen atoms in total. The molecule has 0 radical (unpaired) electrons. The Morgan fingerprint density at radius 3 is 2.58 bits per heavy atom. The molecule has 1 aliphatic rings. The number of hydrogen-bond donors (Lipinski definition) is 2. The zero-order valence-corrected chi connectivity index (χ0v) is 6.84. The number of Topliss-reactive ketones (excluding diaryl/α,β-unsaturated/α-hetero) is 1. The van der Waals surface area contributed by atoms with E-state index in [2.05, 4.69) is 0 Å². The van der Waals surface area contributed by atoms with Gasteiger partial charge in [-0.3, -0.25) is 4.79 Å². The Morgan fingerprint density at radius 2 is 1.92 bits per heavy atom. The lowest BCUT2D eigenvalue weighted by Crippen LogP contribution is -2.29. The maximum Gasteiger partial charge on any atom is 0.284 e. The minimum absolute atomic E-state index is 0.382. The van der Waals surface area contributed by atoms with E-state index in [0.717, 1.165) is 11.8 Å². The first-order valence-corrected chi connectivity index (χ1v) is 4.20. The highest BCUT2D eigenvalue weighted by Gasteiger charge is 2.43. The molecule has 0 atom stereocenters. The fourth-order valence-corrected chi connectivity index (χ4v) is 2.04. The number of fused-ring (bicyclic) bond motifs is 1. The average Bonchev–Trinajstić information content (AvgIpc) is 2.24. The number of hydrogen-bond acceptors (Lipinski definition) is 4. The van der Waals surface area contributed by atoms with Crippen LogP contribution in [-0.2, 0) is 0 Å². The second kappa shape index (κ2) is 2.32. The van der Waals surface area contributed by atoms with Crippen LogP contribution in [-0.4, -0.2) is 21.1 Å². The molecule has 0 fully saturated rings. The molecule has 1 aliphatic heterocycles. The van der Waals surface area contributed by atoms with Crippen molar-refractivity contribution in [2.75, 3.05) is 0 Å². The van der Waals surface area contributed by atoms with Crippen molar-refractivity contribution in [2.24, 2.45) is 0 Å². The van der Waals surface area contributed by atoms with Gasteiger partial charge in [0.15, 0.2) is 0 Å². The number of carbonyl (C=O) groups is 1. The fourth-order valence-electron chi connectivity index (χ4n) is 1.12. The average molecular weight is 182 g/mol. The maximum absolute atomic E-state index is 11.2. The minimum Gasteiger partial charge on any atom is -0.351 e. The third kappa shape index (κ3) is 0.964. The summed E-state index contributed by atoms with van der Waals surface area (Å²) in [5.41, 5.74) is 0.382. The van der Waals surface area contributed by atoms with Crippen LogP contribution in [0, 0.1) is 0 Å². The summed E-state index contributed by atoms with van der Waals surface area (Å²) in [4.78, 5) is 11.8. The third-order valence-electron chi connectivity index (χ3n) is 1.68. The first-order valence-electron chi connectivity index (χ1n) is 3.39. The molecule has 0 aromatic heterocycles. The van der Waals surface area contributed by atoms with E-state index in [9.17, 15) is 4.79 Å². The molecule has 1 aromatic rings. The van der Waals surface area contributed by atoms with Crippen LogP contribution >= 0.6 is 11.8 Å². The SMILES string of the molecule is O=C1c2ccccc2SC1(O)O. The van der Waals surface area contributed by atoms with Gasteiger partial charge in [-0.05, 0) is 6.07 Å². The van der Waals surface area contributed by atoms with Crippen LogP contribution in [0.5, 0.6) is 0 Å². The van der Waals surface area contributed by atoms with Crippen molar-refractivity contribution >= 4 is 17.5 Å². The van der Waals surface area contributed by atoms with E-state index in [1.807, 2.05) is 0 Å². The lowest BCUT2D eigenvalue weighted by molar-refractivity contribution is -0.0457. The Kier molecular flexibility index (Phi) is 1.51. The van der Waals surface area contributed by atoms with Gasteiger partial charge in [0.05, 0.1) is 0 Å². The van der Waals surface area contributed by atoms with Gasteiger partial charge in [0.2, 0.25) is 5.78 Å². The molecule has 0 aliphatic carbocycles. The molecule has 2 N–H and O–H groups in total. The van der Waals surface area contributed by atoms with Crippen LogP contribution in [0.15, 0.2) is 29.2 Å². The van der Waals surface area contributed by atoms with Gasteiger partial charge in [-0.15, -0.1) is 0 Å². The Balaban J connectivity index is 2.57. The molecule has 0 spiro atoms. The second-order valence-electron chi connectivity index (χ2n) is 2.54. The molecule has 1 heterocycles. The number of aliphatic hydroxyl groups is 2. The summed E-state index contributed by atoms with van der Waals surface area (Å²) in [5, 5.41) is 16.0. The second-order valence-corrected chi connectivity index (χ2v) is 3.75. The summed E-state index contributed by atoms with van der Waals surface area (Å²) in [5.74, 6) is -0.636. The van der Waals surface area contributed by atoms with Gasteiger partial charge in [0.25, 0.3) is 5.12 Å². The highest BCUT2D eigenvalue weighted by atomic mass is 32.2. The fraction of sp³-hybridized carbons (Fsp3) is 0.125. The van der Waals surface area contributed by atoms with Crippen molar-refractivity contribution in [3.63, 3.8) is 0 Å². The van der Waals surface area contributed by atoms with Crippen molar-refractivity contribution in [2.45, 2.75) is 10.0 Å². The van der Waals surface area contributed by atoms with E-state index in [4.69, 9.17) is 10.2 Å². The summed E-state index contributed by atoms with van der Waals surface area (Å²) in [6, 6.07) is 6.71. The quantitative estimate of drug-likeness (QED) is 0.577. The van der Waals surface area contributed by atoms with E-state index >= 15 is 0 Å². The minimum atomic E-state index is -2.26. The number of carbonyl (C=O) groups excluding carboxylic acids is 1. The lowest BCUT2D eigenvalue weighted by Gasteiger charge is -2.08. The number of benzene rings is 1. The van der Waals surface area contributed by atoms with E-state index in [0.29, 0.717) is 10.5 Å². The summed E-state index contributed by atoms with van der Waals surface area (Å²) >= 11 is 0.763. The van der Waals surface area contributed by atoms with Gasteiger partial charge in [-0.1, -0.05) is 30.0 Å². The van der Waals surface area contributed by atoms with Crippen molar-refractivity contribution in [3.05, 3.63) is 29.8 Å². The normalized spacial score (nSPS) is 19.3. The molecule has 0 saturated carbocycles. The zero-order chi connectivity index (χ0) is 8.77. The Labute approximate surface area is 73.0 Å². The number of ketones is 1. The van der Waals surface area contributed by atoms with Gasteiger partial charge >= 0.3 is 0 Å². The Morgan fingerprint density at radius 1 is 1.25 bits per heavy atom. The topological polar surface area (TPSA) is 57.5 Å². The van der Waals surface area contributed by atoms with E-state index < -0.39 is 10.9 Å². The van der Waals surface area contributed by atoms with Crippen LogP contribution in [0.3, 0.4) is 0 Å². The Hall–Kier alpha value is -0.840.